The number of halogens is 12. The fourth-order valence-electron chi connectivity index (χ4n) is 2.88. The lowest BCUT2D eigenvalue weighted by molar-refractivity contribution is 0.294. The lowest BCUT2D eigenvalue weighted by atomic mass is 10.2. The summed E-state index contributed by atoms with van der Waals surface area (Å²) in [6, 6.07) is 0. The average Bonchev–Trinajstić information content (AvgIpc) is 2.89. The number of phosphoric ester groups is 1. The molecule has 38 heavy (non-hydrogen) atoms. The van der Waals surface area contributed by atoms with Gasteiger partial charge in [0.2, 0.25) is 0 Å². The van der Waals surface area contributed by atoms with Crippen LogP contribution in [0.15, 0.2) is 53.7 Å². The van der Waals surface area contributed by atoms with Gasteiger partial charge in [-0.05, 0) is 212 Å². The van der Waals surface area contributed by atoms with Gasteiger partial charge in [-0.15, -0.1) is 0 Å². The topological polar surface area (TPSA) is 44.8 Å². The fourth-order valence-corrected chi connectivity index (χ4v) is 11.8. The zero-order chi connectivity index (χ0) is 29.0. The highest BCUT2D eigenvalue weighted by Gasteiger charge is 2.39. The van der Waals surface area contributed by atoms with Crippen LogP contribution in [0.1, 0.15) is 16.7 Å². The van der Waals surface area contributed by atoms with Crippen LogP contribution in [0.5, 0.6) is 17.2 Å². The highest BCUT2D eigenvalue weighted by molar-refractivity contribution is 9.16. The normalized spacial score (nSPS) is 11.7. The van der Waals surface area contributed by atoms with Crippen molar-refractivity contribution in [3.05, 3.63) is 70.4 Å². The summed E-state index contributed by atoms with van der Waals surface area (Å²) in [5.74, 6) is 0.759. The number of rotatable bonds is 6. The number of benzene rings is 3. The molecule has 0 unspecified atom stereocenters. The summed E-state index contributed by atoms with van der Waals surface area (Å²) in [4.78, 5) is 0. The summed E-state index contributed by atoms with van der Waals surface area (Å²) in [6.45, 7) is 5.44. The first-order valence-corrected chi connectivity index (χ1v) is 20.6. The summed E-state index contributed by atoms with van der Waals surface area (Å²) in [5, 5.41) is 0. The minimum atomic E-state index is -4.47. The van der Waals surface area contributed by atoms with Crippen molar-refractivity contribution in [2.45, 2.75) is 20.8 Å². The molecule has 0 heterocycles. The van der Waals surface area contributed by atoms with Crippen molar-refractivity contribution in [1.29, 1.82) is 0 Å². The van der Waals surface area contributed by atoms with E-state index in [2.05, 4.69) is 191 Å². The van der Waals surface area contributed by atoms with Gasteiger partial charge in [0.25, 0.3) is 0 Å². The van der Waals surface area contributed by atoms with Gasteiger partial charge in [-0.3, -0.25) is 0 Å². The molecule has 3 aromatic carbocycles. The Morgan fingerprint density at radius 3 is 0.763 bits per heavy atom. The molecule has 0 spiro atoms. The van der Waals surface area contributed by atoms with E-state index in [4.69, 9.17) is 13.6 Å². The van der Waals surface area contributed by atoms with Crippen LogP contribution in [0.2, 0.25) is 0 Å². The lowest BCUT2D eigenvalue weighted by Gasteiger charge is -2.25. The number of hydrogen-bond donors (Lipinski definition) is 0. The van der Waals surface area contributed by atoms with Crippen molar-refractivity contribution in [3.63, 3.8) is 0 Å². The maximum Gasteiger partial charge on any atom is 0.647 e. The van der Waals surface area contributed by atoms with Crippen LogP contribution in [-0.4, -0.2) is 0 Å². The fraction of sp³-hybridized carbons (Fsp3) is 0.143. The number of phosphoric acid groups is 1. The summed E-state index contributed by atoms with van der Waals surface area (Å²) in [5.41, 5.74) is 1.96. The molecular formula is C21H9Br12O4P. The molecule has 0 radical (unpaired) electrons. The number of hydrogen-bond acceptors (Lipinski definition) is 4. The Hall–Kier alpha value is 3.05. The second kappa shape index (κ2) is 14.0. The SMILES string of the molecule is Cc1c(Br)c(Br)c(Br)c(Br)c1OP(=O)(Oc1c(C)c(Br)c(Br)c(Br)c1Br)Oc1c(C)c(Br)c(Br)c(Br)c1Br. The van der Waals surface area contributed by atoms with Crippen LogP contribution >= 0.6 is 199 Å². The van der Waals surface area contributed by atoms with Gasteiger partial charge >= 0.3 is 7.82 Å². The zero-order valence-corrected chi connectivity index (χ0v) is 38.5. The third-order valence-electron chi connectivity index (χ3n) is 4.95. The second-order valence-corrected chi connectivity index (χ2v) is 18.3. The molecule has 0 aliphatic rings. The maximum atomic E-state index is 14.7. The Morgan fingerprint density at radius 1 is 0.368 bits per heavy atom. The van der Waals surface area contributed by atoms with Crippen molar-refractivity contribution < 1.29 is 18.1 Å². The molecule has 17 heteroatoms. The van der Waals surface area contributed by atoms with Gasteiger partial charge in [-0.2, -0.15) is 4.57 Å². The Morgan fingerprint density at radius 2 is 0.553 bits per heavy atom. The van der Waals surface area contributed by atoms with Crippen molar-refractivity contribution in [2.24, 2.45) is 0 Å². The standard InChI is InChI=1S/C21H9Br12O4P/c1-4-7(22)10(25)13(28)16(31)19(4)35-38(34,36-20-5(2)8(23)11(26)14(29)17(20)32)37-21-6(3)9(24)12(27)15(30)18(21)33/h1-3H3. The van der Waals surface area contributed by atoms with Gasteiger partial charge in [-0.25, -0.2) is 0 Å². The second-order valence-electron chi connectivity index (χ2n) is 7.35. The largest absolute Gasteiger partial charge is 0.647 e. The molecule has 0 bridgehead atoms. The Labute approximate surface area is 320 Å². The van der Waals surface area contributed by atoms with Crippen LogP contribution in [0.4, 0.5) is 0 Å². The predicted molar refractivity (Wildman–Crippen MR) is 195 cm³/mol. The van der Waals surface area contributed by atoms with Crippen molar-refractivity contribution in [1.82, 2.24) is 0 Å². The maximum absolute atomic E-state index is 14.7. The molecule has 4 nitrogen and oxygen atoms in total. The summed E-state index contributed by atoms with van der Waals surface area (Å²) in [6.07, 6.45) is 0. The lowest BCUT2D eigenvalue weighted by Crippen LogP contribution is -2.11. The molecular weight excluding hydrogens is 1310 g/mol. The predicted octanol–water partition coefficient (Wildman–Crippen LogP) is 15.4. The molecule has 3 aromatic rings. The molecule has 0 atom stereocenters. The van der Waals surface area contributed by atoms with E-state index >= 15 is 0 Å². The molecule has 0 N–H and O–H groups in total. The first-order chi connectivity index (χ1) is 17.4. The molecule has 0 aliphatic heterocycles. The van der Waals surface area contributed by atoms with E-state index in [1.165, 1.54) is 0 Å². The van der Waals surface area contributed by atoms with Crippen molar-refractivity contribution in [3.8, 4) is 17.2 Å². The highest BCUT2D eigenvalue weighted by Crippen LogP contribution is 2.60. The molecule has 0 saturated heterocycles. The van der Waals surface area contributed by atoms with Gasteiger partial charge in [0.15, 0.2) is 17.2 Å². The zero-order valence-electron chi connectivity index (χ0n) is 18.6. The minimum Gasteiger partial charge on any atom is -0.384 e. The van der Waals surface area contributed by atoms with Gasteiger partial charge in [-0.1, -0.05) is 0 Å². The molecule has 206 valence electrons. The summed E-state index contributed by atoms with van der Waals surface area (Å²) < 4.78 is 41.1. The van der Waals surface area contributed by atoms with E-state index in [1.54, 1.807) is 0 Å². The average molecular weight is 1320 g/mol. The summed E-state index contributed by atoms with van der Waals surface area (Å²) >= 11 is 42.5. The van der Waals surface area contributed by atoms with Crippen LogP contribution in [0, 0.1) is 20.8 Å². The third-order valence-corrected chi connectivity index (χ3v) is 21.0. The smallest absolute Gasteiger partial charge is 0.384 e. The molecule has 3 rings (SSSR count). The molecule has 0 amide bonds. The highest BCUT2D eigenvalue weighted by atomic mass is 79.9. The quantitative estimate of drug-likeness (QED) is 0.140. The Bertz CT molecular complexity index is 1280. The molecule has 0 aliphatic carbocycles. The van der Waals surface area contributed by atoms with Gasteiger partial charge in [0.1, 0.15) is 0 Å². The van der Waals surface area contributed by atoms with Crippen LogP contribution < -0.4 is 13.6 Å². The first kappa shape index (κ1) is 35.5. The van der Waals surface area contributed by atoms with E-state index in [-0.39, 0.29) is 17.2 Å². The molecule has 0 saturated carbocycles. The van der Waals surface area contributed by atoms with Crippen molar-refractivity contribution >= 4 is 199 Å². The Balaban J connectivity index is 2.31. The summed E-state index contributed by atoms with van der Waals surface area (Å²) in [7, 11) is -4.47. The Kier molecular flexibility index (Phi) is 13.1. The van der Waals surface area contributed by atoms with Crippen LogP contribution in [0.3, 0.4) is 0 Å². The van der Waals surface area contributed by atoms with Crippen LogP contribution in [-0.2, 0) is 4.57 Å². The van der Waals surface area contributed by atoms with E-state index in [0.29, 0.717) is 56.9 Å². The van der Waals surface area contributed by atoms with E-state index in [1.807, 2.05) is 20.8 Å². The van der Waals surface area contributed by atoms with Gasteiger partial charge in [0.05, 0.1) is 26.8 Å². The van der Waals surface area contributed by atoms with Crippen LogP contribution in [0.25, 0.3) is 0 Å². The van der Waals surface area contributed by atoms with Gasteiger partial charge < -0.3 is 13.6 Å². The third kappa shape index (κ3) is 6.97. The van der Waals surface area contributed by atoms with E-state index in [0.717, 1.165) is 13.4 Å². The van der Waals surface area contributed by atoms with Gasteiger partial charge in [0, 0.05) is 43.5 Å². The van der Waals surface area contributed by atoms with E-state index < -0.39 is 7.82 Å². The molecule has 0 aromatic heterocycles. The monoisotopic (exact) mass is 1300 g/mol. The molecule has 0 fully saturated rings. The van der Waals surface area contributed by atoms with E-state index in [9.17, 15) is 4.57 Å². The van der Waals surface area contributed by atoms with Crippen molar-refractivity contribution in [2.75, 3.05) is 0 Å². The minimum absolute atomic E-state index is 0.253. The first-order valence-electron chi connectivity index (χ1n) is 9.61.